The van der Waals surface area contributed by atoms with Gasteiger partial charge in [0.15, 0.2) is 0 Å². The van der Waals surface area contributed by atoms with Crippen molar-refractivity contribution in [3.63, 3.8) is 0 Å². The summed E-state index contributed by atoms with van der Waals surface area (Å²) in [4.78, 5) is 16.7. The van der Waals surface area contributed by atoms with Crippen LogP contribution in [0.4, 0.5) is 0 Å². The molecule has 0 saturated carbocycles. The quantitative estimate of drug-likeness (QED) is 0.807. The molecule has 2 saturated heterocycles. The first-order valence-corrected chi connectivity index (χ1v) is 10.2. The Morgan fingerprint density at radius 2 is 1.60 bits per heavy atom. The lowest BCUT2D eigenvalue weighted by Crippen LogP contribution is -2.53. The van der Waals surface area contributed by atoms with Crippen LogP contribution in [0.2, 0.25) is 0 Å². The topological polar surface area (TPSA) is 86.9 Å². The van der Waals surface area contributed by atoms with Gasteiger partial charge in [-0.2, -0.15) is 4.31 Å². The summed E-state index contributed by atoms with van der Waals surface area (Å²) >= 11 is 0. The van der Waals surface area contributed by atoms with Crippen molar-refractivity contribution in [1.82, 2.24) is 14.1 Å². The molecule has 0 aliphatic carbocycles. The van der Waals surface area contributed by atoms with Crippen molar-refractivity contribution in [2.24, 2.45) is 5.73 Å². The van der Waals surface area contributed by atoms with Crippen LogP contribution in [0.5, 0.6) is 0 Å². The molecule has 3 rings (SSSR count). The summed E-state index contributed by atoms with van der Waals surface area (Å²) in [5.41, 5.74) is 5.89. The molecule has 0 aromatic heterocycles. The Balaban J connectivity index is 1.52. The summed E-state index contributed by atoms with van der Waals surface area (Å²) in [6.07, 6.45) is 1.85. The standard InChI is InChI=1S/C17H26N4O3S/c18-15-6-8-19(9-7-15)14-17(22)20-10-12-21(13-11-20)25(23,24)16-4-2-1-3-5-16/h1-5,15H,6-14,18H2. The smallest absolute Gasteiger partial charge is 0.243 e. The molecule has 0 spiro atoms. The summed E-state index contributed by atoms with van der Waals surface area (Å²) in [6.45, 7) is 3.68. The second-order valence-electron chi connectivity index (χ2n) is 6.71. The molecule has 2 aliphatic rings. The molecule has 2 fully saturated rings. The molecule has 0 atom stereocenters. The number of carbonyl (C=O) groups is 1. The van der Waals surface area contributed by atoms with Crippen molar-refractivity contribution in [1.29, 1.82) is 0 Å². The van der Waals surface area contributed by atoms with E-state index in [9.17, 15) is 13.2 Å². The van der Waals surface area contributed by atoms with Crippen LogP contribution < -0.4 is 5.73 Å². The average Bonchev–Trinajstić information content (AvgIpc) is 2.64. The molecule has 2 heterocycles. The van der Waals surface area contributed by atoms with E-state index in [2.05, 4.69) is 4.90 Å². The number of likely N-dealkylation sites (tertiary alicyclic amines) is 1. The number of amides is 1. The van der Waals surface area contributed by atoms with E-state index < -0.39 is 10.0 Å². The first kappa shape index (κ1) is 18.3. The van der Waals surface area contributed by atoms with Crippen LogP contribution in [-0.2, 0) is 14.8 Å². The van der Waals surface area contributed by atoms with Crippen molar-refractivity contribution in [3.8, 4) is 0 Å². The third-order valence-corrected chi connectivity index (χ3v) is 6.88. The van der Waals surface area contributed by atoms with E-state index in [4.69, 9.17) is 5.73 Å². The minimum Gasteiger partial charge on any atom is -0.339 e. The van der Waals surface area contributed by atoms with Gasteiger partial charge < -0.3 is 10.6 Å². The number of piperidine rings is 1. The zero-order valence-corrected chi connectivity index (χ0v) is 15.2. The lowest BCUT2D eigenvalue weighted by molar-refractivity contribution is -0.133. The number of hydrogen-bond donors (Lipinski definition) is 1. The lowest BCUT2D eigenvalue weighted by atomic mass is 10.1. The molecule has 138 valence electrons. The van der Waals surface area contributed by atoms with E-state index in [-0.39, 0.29) is 11.9 Å². The van der Waals surface area contributed by atoms with Crippen molar-refractivity contribution in [2.75, 3.05) is 45.8 Å². The second-order valence-corrected chi connectivity index (χ2v) is 8.65. The average molecular weight is 366 g/mol. The Bertz CT molecular complexity index is 679. The third kappa shape index (κ3) is 4.38. The zero-order valence-electron chi connectivity index (χ0n) is 14.4. The van der Waals surface area contributed by atoms with Crippen molar-refractivity contribution < 1.29 is 13.2 Å². The maximum absolute atomic E-state index is 12.6. The van der Waals surface area contributed by atoms with E-state index in [1.165, 1.54) is 4.31 Å². The first-order chi connectivity index (χ1) is 12.0. The van der Waals surface area contributed by atoms with Crippen LogP contribution in [0.25, 0.3) is 0 Å². The molecular formula is C17H26N4O3S. The molecule has 0 bridgehead atoms. The summed E-state index contributed by atoms with van der Waals surface area (Å²) in [5, 5.41) is 0. The van der Waals surface area contributed by atoms with Crippen molar-refractivity contribution >= 4 is 15.9 Å². The summed E-state index contributed by atoms with van der Waals surface area (Å²) in [7, 11) is -3.47. The number of nitrogens with two attached hydrogens (primary N) is 1. The first-order valence-electron chi connectivity index (χ1n) is 8.78. The normalized spacial score (nSPS) is 21.4. The van der Waals surface area contributed by atoms with Crippen LogP contribution in [0, 0.1) is 0 Å². The van der Waals surface area contributed by atoms with Gasteiger partial charge in [-0.05, 0) is 25.0 Å². The molecule has 1 aromatic carbocycles. The maximum atomic E-state index is 12.6. The van der Waals surface area contributed by atoms with E-state index in [0.717, 1.165) is 25.9 Å². The Morgan fingerprint density at radius 1 is 1.00 bits per heavy atom. The fraction of sp³-hybridized carbons (Fsp3) is 0.588. The van der Waals surface area contributed by atoms with Gasteiger partial charge in [-0.3, -0.25) is 9.69 Å². The van der Waals surface area contributed by atoms with Crippen LogP contribution in [-0.4, -0.2) is 80.3 Å². The van der Waals surface area contributed by atoms with Gasteiger partial charge in [0.1, 0.15) is 0 Å². The van der Waals surface area contributed by atoms with Crippen molar-refractivity contribution in [2.45, 2.75) is 23.8 Å². The fourth-order valence-electron chi connectivity index (χ4n) is 3.32. The summed E-state index contributed by atoms with van der Waals surface area (Å²) < 4.78 is 26.7. The molecule has 25 heavy (non-hydrogen) atoms. The predicted octanol–water partition coefficient (Wildman–Crippen LogP) is -0.0574. The number of rotatable bonds is 4. The highest BCUT2D eigenvalue weighted by Gasteiger charge is 2.30. The monoisotopic (exact) mass is 366 g/mol. The van der Waals surface area contributed by atoms with Crippen LogP contribution >= 0.6 is 0 Å². The zero-order chi connectivity index (χ0) is 17.9. The van der Waals surface area contributed by atoms with Crippen LogP contribution in [0.15, 0.2) is 35.2 Å². The summed E-state index contributed by atoms with van der Waals surface area (Å²) in [6, 6.07) is 8.69. The van der Waals surface area contributed by atoms with Gasteiger partial charge in [0.05, 0.1) is 11.4 Å². The van der Waals surface area contributed by atoms with Gasteiger partial charge in [-0.15, -0.1) is 0 Å². The van der Waals surface area contributed by atoms with E-state index in [1.807, 2.05) is 0 Å². The van der Waals surface area contributed by atoms with Gasteiger partial charge in [0.25, 0.3) is 0 Å². The Kier molecular flexibility index (Phi) is 5.73. The number of nitrogens with zero attached hydrogens (tertiary/aromatic N) is 3. The Hall–Kier alpha value is -1.48. The number of sulfonamides is 1. The molecule has 8 heteroatoms. The third-order valence-electron chi connectivity index (χ3n) is 4.96. The van der Waals surface area contributed by atoms with E-state index >= 15 is 0 Å². The highest BCUT2D eigenvalue weighted by molar-refractivity contribution is 7.89. The maximum Gasteiger partial charge on any atom is 0.243 e. The highest BCUT2D eigenvalue weighted by Crippen LogP contribution is 2.17. The molecule has 2 N–H and O–H groups in total. The Morgan fingerprint density at radius 3 is 2.20 bits per heavy atom. The van der Waals surface area contributed by atoms with E-state index in [0.29, 0.717) is 37.6 Å². The van der Waals surface area contributed by atoms with Crippen molar-refractivity contribution in [3.05, 3.63) is 30.3 Å². The highest BCUT2D eigenvalue weighted by atomic mass is 32.2. The largest absolute Gasteiger partial charge is 0.339 e. The molecule has 1 aromatic rings. The van der Waals surface area contributed by atoms with Gasteiger partial charge in [0, 0.05) is 45.3 Å². The molecule has 0 unspecified atom stereocenters. The van der Waals surface area contributed by atoms with Crippen LogP contribution in [0.1, 0.15) is 12.8 Å². The number of piperazine rings is 1. The summed E-state index contributed by atoms with van der Waals surface area (Å²) in [5.74, 6) is 0.0761. The second kappa shape index (κ2) is 7.82. The number of benzene rings is 1. The van der Waals surface area contributed by atoms with Gasteiger partial charge in [-0.25, -0.2) is 8.42 Å². The predicted molar refractivity (Wildman–Crippen MR) is 95.4 cm³/mol. The van der Waals surface area contributed by atoms with Crippen LogP contribution in [0.3, 0.4) is 0 Å². The number of carbonyl (C=O) groups excluding carboxylic acids is 1. The molecular weight excluding hydrogens is 340 g/mol. The van der Waals surface area contributed by atoms with E-state index in [1.54, 1.807) is 35.2 Å². The minimum absolute atomic E-state index is 0.0761. The van der Waals surface area contributed by atoms with Gasteiger partial charge >= 0.3 is 0 Å². The lowest BCUT2D eigenvalue weighted by Gasteiger charge is -2.36. The SMILES string of the molecule is NC1CCN(CC(=O)N2CCN(S(=O)(=O)c3ccccc3)CC2)CC1. The molecule has 0 radical (unpaired) electrons. The fourth-order valence-corrected chi connectivity index (χ4v) is 4.76. The molecule has 7 nitrogen and oxygen atoms in total. The minimum atomic E-state index is -3.47. The molecule has 2 aliphatic heterocycles. The Labute approximate surface area is 149 Å². The van der Waals surface area contributed by atoms with Gasteiger partial charge in [-0.1, -0.05) is 18.2 Å². The van der Waals surface area contributed by atoms with Gasteiger partial charge in [0.2, 0.25) is 15.9 Å². The number of hydrogen-bond acceptors (Lipinski definition) is 5. The molecule has 1 amide bonds.